The Bertz CT molecular complexity index is 477. The van der Waals surface area contributed by atoms with Gasteiger partial charge in [0.05, 0.1) is 0 Å². The molecule has 0 radical (unpaired) electrons. The standard InChI is InChI=1S/C15H19NO2/c1-11-6-7-13(10-14(11)17)15(18)16-9-8-12-4-2-3-5-12/h4,6-7,10,17H,2-3,5,8-9H2,1H3,(H,16,18). The van der Waals surface area contributed by atoms with E-state index in [9.17, 15) is 9.90 Å². The van der Waals surface area contributed by atoms with Gasteiger partial charge < -0.3 is 10.4 Å². The summed E-state index contributed by atoms with van der Waals surface area (Å²) in [6, 6.07) is 5.00. The molecule has 0 unspecified atom stereocenters. The number of phenols is 1. The fraction of sp³-hybridized carbons (Fsp3) is 0.400. The van der Waals surface area contributed by atoms with Crippen LogP contribution < -0.4 is 5.32 Å². The molecule has 0 fully saturated rings. The molecule has 1 aliphatic carbocycles. The van der Waals surface area contributed by atoms with Crippen molar-refractivity contribution < 1.29 is 9.90 Å². The highest BCUT2D eigenvalue weighted by molar-refractivity contribution is 5.94. The van der Waals surface area contributed by atoms with Crippen molar-refractivity contribution in [1.82, 2.24) is 5.32 Å². The highest BCUT2D eigenvalue weighted by atomic mass is 16.3. The van der Waals surface area contributed by atoms with E-state index in [-0.39, 0.29) is 11.7 Å². The zero-order valence-electron chi connectivity index (χ0n) is 10.7. The minimum absolute atomic E-state index is 0.121. The maximum atomic E-state index is 11.8. The third kappa shape index (κ3) is 3.13. The Morgan fingerprint density at radius 3 is 2.94 bits per heavy atom. The highest BCUT2D eigenvalue weighted by Gasteiger charge is 2.08. The lowest BCUT2D eigenvalue weighted by atomic mass is 10.1. The molecule has 1 aliphatic rings. The van der Waals surface area contributed by atoms with E-state index >= 15 is 0 Å². The molecular weight excluding hydrogens is 226 g/mol. The van der Waals surface area contributed by atoms with Crippen molar-refractivity contribution in [3.63, 3.8) is 0 Å². The molecule has 1 aromatic rings. The molecule has 18 heavy (non-hydrogen) atoms. The van der Waals surface area contributed by atoms with Gasteiger partial charge in [0.25, 0.3) is 5.91 Å². The number of carbonyl (C=O) groups excluding carboxylic acids is 1. The molecule has 0 spiro atoms. The average Bonchev–Trinajstić information content (AvgIpc) is 2.85. The van der Waals surface area contributed by atoms with Gasteiger partial charge >= 0.3 is 0 Å². The molecule has 1 amide bonds. The van der Waals surface area contributed by atoms with E-state index in [1.165, 1.54) is 30.9 Å². The zero-order valence-corrected chi connectivity index (χ0v) is 10.7. The van der Waals surface area contributed by atoms with Gasteiger partial charge in [0.1, 0.15) is 5.75 Å². The predicted molar refractivity (Wildman–Crippen MR) is 71.7 cm³/mol. The topological polar surface area (TPSA) is 49.3 Å². The maximum absolute atomic E-state index is 11.8. The van der Waals surface area contributed by atoms with Gasteiger partial charge in [0.15, 0.2) is 0 Å². The summed E-state index contributed by atoms with van der Waals surface area (Å²) in [4.78, 5) is 11.8. The highest BCUT2D eigenvalue weighted by Crippen LogP contribution is 2.20. The monoisotopic (exact) mass is 245 g/mol. The van der Waals surface area contributed by atoms with Gasteiger partial charge in [-0.2, -0.15) is 0 Å². The molecule has 1 aromatic carbocycles. The van der Waals surface area contributed by atoms with Gasteiger partial charge in [-0.1, -0.05) is 17.7 Å². The lowest BCUT2D eigenvalue weighted by molar-refractivity contribution is 0.0953. The third-order valence-electron chi connectivity index (χ3n) is 3.34. The normalized spacial score (nSPS) is 14.4. The minimum atomic E-state index is -0.121. The third-order valence-corrected chi connectivity index (χ3v) is 3.34. The number of phenolic OH excluding ortho intramolecular Hbond substituents is 1. The molecule has 2 rings (SSSR count). The largest absolute Gasteiger partial charge is 0.508 e. The van der Waals surface area contributed by atoms with Crippen LogP contribution in [0.5, 0.6) is 5.75 Å². The Morgan fingerprint density at radius 2 is 2.28 bits per heavy atom. The molecule has 0 aromatic heterocycles. The second-order valence-electron chi connectivity index (χ2n) is 4.76. The zero-order chi connectivity index (χ0) is 13.0. The maximum Gasteiger partial charge on any atom is 0.251 e. The molecule has 0 bridgehead atoms. The van der Waals surface area contributed by atoms with Crippen LogP contribution in [0.3, 0.4) is 0 Å². The van der Waals surface area contributed by atoms with Crippen LogP contribution in [0, 0.1) is 6.92 Å². The molecule has 0 heterocycles. The van der Waals surface area contributed by atoms with Gasteiger partial charge in [0, 0.05) is 12.1 Å². The van der Waals surface area contributed by atoms with Gasteiger partial charge in [-0.05, 0) is 50.3 Å². The van der Waals surface area contributed by atoms with Crippen molar-refractivity contribution in [2.45, 2.75) is 32.6 Å². The van der Waals surface area contributed by atoms with Crippen LogP contribution in [0.15, 0.2) is 29.8 Å². The SMILES string of the molecule is Cc1ccc(C(=O)NCCC2=CCCC2)cc1O. The Morgan fingerprint density at radius 1 is 1.44 bits per heavy atom. The number of hydrogen-bond donors (Lipinski definition) is 2. The van der Waals surface area contributed by atoms with Crippen LogP contribution in [-0.2, 0) is 0 Å². The molecule has 0 saturated carbocycles. The van der Waals surface area contributed by atoms with E-state index in [0.717, 1.165) is 12.0 Å². The number of hydrogen-bond acceptors (Lipinski definition) is 2. The number of rotatable bonds is 4. The minimum Gasteiger partial charge on any atom is -0.508 e. The number of benzene rings is 1. The van der Waals surface area contributed by atoms with Crippen LogP contribution in [0.25, 0.3) is 0 Å². The van der Waals surface area contributed by atoms with E-state index in [2.05, 4.69) is 11.4 Å². The predicted octanol–water partition coefficient (Wildman–Crippen LogP) is 2.93. The fourth-order valence-corrected chi connectivity index (χ4v) is 2.15. The number of amides is 1. The molecule has 2 N–H and O–H groups in total. The van der Waals surface area contributed by atoms with Crippen molar-refractivity contribution in [1.29, 1.82) is 0 Å². The van der Waals surface area contributed by atoms with Crippen LogP contribution in [-0.4, -0.2) is 17.6 Å². The van der Waals surface area contributed by atoms with Gasteiger partial charge in [-0.25, -0.2) is 0 Å². The average molecular weight is 245 g/mol. The summed E-state index contributed by atoms with van der Waals surface area (Å²) < 4.78 is 0. The first-order valence-electron chi connectivity index (χ1n) is 6.42. The summed E-state index contributed by atoms with van der Waals surface area (Å²) in [6.45, 7) is 2.48. The molecule has 0 atom stereocenters. The lowest BCUT2D eigenvalue weighted by Crippen LogP contribution is -2.24. The summed E-state index contributed by atoms with van der Waals surface area (Å²) in [5, 5.41) is 12.4. The Labute approximate surface area is 108 Å². The molecule has 0 saturated heterocycles. The molecule has 3 heteroatoms. The summed E-state index contributed by atoms with van der Waals surface area (Å²) >= 11 is 0. The smallest absolute Gasteiger partial charge is 0.251 e. The molecule has 0 aliphatic heterocycles. The Hall–Kier alpha value is -1.77. The van der Waals surface area contributed by atoms with Crippen molar-refractivity contribution >= 4 is 5.91 Å². The first kappa shape index (κ1) is 12.7. The summed E-state index contributed by atoms with van der Waals surface area (Å²) in [7, 11) is 0. The number of nitrogens with one attached hydrogen (secondary N) is 1. The first-order chi connectivity index (χ1) is 8.66. The second kappa shape index (κ2) is 5.71. The van der Waals surface area contributed by atoms with E-state index in [1.54, 1.807) is 12.1 Å². The Balaban J connectivity index is 1.85. The molecule has 96 valence electrons. The number of aryl methyl sites for hydroxylation is 1. The van der Waals surface area contributed by atoms with Crippen molar-refractivity contribution in [3.05, 3.63) is 41.0 Å². The van der Waals surface area contributed by atoms with E-state index in [4.69, 9.17) is 0 Å². The van der Waals surface area contributed by atoms with Crippen LogP contribution >= 0.6 is 0 Å². The van der Waals surface area contributed by atoms with E-state index < -0.39 is 0 Å². The quantitative estimate of drug-likeness (QED) is 0.801. The van der Waals surface area contributed by atoms with Crippen LogP contribution in [0.2, 0.25) is 0 Å². The van der Waals surface area contributed by atoms with E-state index in [0.29, 0.717) is 12.1 Å². The number of allylic oxidation sites excluding steroid dienone is 1. The second-order valence-corrected chi connectivity index (χ2v) is 4.76. The van der Waals surface area contributed by atoms with Gasteiger partial charge in [-0.15, -0.1) is 0 Å². The summed E-state index contributed by atoms with van der Waals surface area (Å²) in [5.41, 5.74) is 2.74. The van der Waals surface area contributed by atoms with Gasteiger partial charge in [0.2, 0.25) is 0 Å². The molecule has 3 nitrogen and oxygen atoms in total. The van der Waals surface area contributed by atoms with Crippen molar-refractivity contribution in [3.8, 4) is 5.75 Å². The summed E-state index contributed by atoms with van der Waals surface area (Å²) in [5.74, 6) is 0.0463. The number of aromatic hydroxyl groups is 1. The van der Waals surface area contributed by atoms with Crippen molar-refractivity contribution in [2.75, 3.05) is 6.54 Å². The lowest BCUT2D eigenvalue weighted by Gasteiger charge is -2.07. The van der Waals surface area contributed by atoms with E-state index in [1.807, 2.05) is 6.92 Å². The number of carbonyl (C=O) groups is 1. The van der Waals surface area contributed by atoms with Crippen LogP contribution in [0.1, 0.15) is 41.6 Å². The molecular formula is C15H19NO2. The van der Waals surface area contributed by atoms with Crippen molar-refractivity contribution in [2.24, 2.45) is 0 Å². The first-order valence-corrected chi connectivity index (χ1v) is 6.42. The van der Waals surface area contributed by atoms with Crippen LogP contribution in [0.4, 0.5) is 0 Å². The fourth-order valence-electron chi connectivity index (χ4n) is 2.15. The Kier molecular flexibility index (Phi) is 4.03. The van der Waals surface area contributed by atoms with Gasteiger partial charge in [-0.3, -0.25) is 4.79 Å². The summed E-state index contributed by atoms with van der Waals surface area (Å²) in [6.07, 6.45) is 6.79.